The minimum atomic E-state index is 0.472. The van der Waals surface area contributed by atoms with Crippen LogP contribution in [0.3, 0.4) is 0 Å². The number of aromatic nitrogens is 2. The Bertz CT molecular complexity index is 260. The van der Waals surface area contributed by atoms with E-state index >= 15 is 0 Å². The van der Waals surface area contributed by atoms with E-state index in [-0.39, 0.29) is 0 Å². The Kier molecular flexibility index (Phi) is 3.54. The van der Waals surface area contributed by atoms with Crippen molar-refractivity contribution < 1.29 is 4.74 Å². The quantitative estimate of drug-likeness (QED) is 0.821. The van der Waals surface area contributed by atoms with Gasteiger partial charge in [0.05, 0.1) is 0 Å². The Morgan fingerprint density at radius 2 is 2.09 bits per heavy atom. The second-order valence-electron chi connectivity index (χ2n) is 1.81. The van der Waals surface area contributed by atoms with Gasteiger partial charge in [-0.3, -0.25) is 4.57 Å². The van der Waals surface area contributed by atoms with Crippen LogP contribution in [0.25, 0.3) is 0 Å². The number of hydrogen-bond donors (Lipinski definition) is 0. The van der Waals surface area contributed by atoms with Crippen LogP contribution >= 0.6 is 47.8 Å². The highest BCUT2D eigenvalue weighted by Crippen LogP contribution is 2.26. The van der Waals surface area contributed by atoms with Crippen molar-refractivity contribution in [3.05, 3.63) is 13.9 Å². The van der Waals surface area contributed by atoms with Crippen molar-refractivity contribution in [2.75, 3.05) is 7.11 Å². The van der Waals surface area contributed by atoms with E-state index in [2.05, 4.69) is 52.8 Å². The standard InChI is InChI=1S/C5H5Br3N2O/c1-11-2-10-4(7)3(6)9-5(10)8/h2H2,1H3. The molecule has 6 heteroatoms. The first-order chi connectivity index (χ1) is 5.16. The van der Waals surface area contributed by atoms with Crippen LogP contribution in [-0.4, -0.2) is 16.7 Å². The second kappa shape index (κ2) is 4.02. The first-order valence-electron chi connectivity index (χ1n) is 2.72. The maximum atomic E-state index is 4.94. The summed E-state index contributed by atoms with van der Waals surface area (Å²) < 4.78 is 9.15. The molecule has 1 aromatic rings. The largest absolute Gasteiger partial charge is 0.364 e. The summed E-state index contributed by atoms with van der Waals surface area (Å²) in [6, 6.07) is 0. The third kappa shape index (κ3) is 2.05. The van der Waals surface area contributed by atoms with Gasteiger partial charge in [-0.1, -0.05) is 0 Å². The number of ether oxygens (including phenoxy) is 1. The molecule has 0 aliphatic carbocycles. The van der Waals surface area contributed by atoms with Crippen molar-refractivity contribution in [3.63, 3.8) is 0 Å². The van der Waals surface area contributed by atoms with Crippen LogP contribution in [0.1, 0.15) is 0 Å². The van der Waals surface area contributed by atoms with E-state index in [1.165, 1.54) is 0 Å². The molecule has 1 aromatic heterocycles. The molecule has 0 saturated carbocycles. The van der Waals surface area contributed by atoms with Gasteiger partial charge in [-0.05, 0) is 47.8 Å². The fourth-order valence-corrected chi connectivity index (χ4v) is 2.29. The van der Waals surface area contributed by atoms with Gasteiger partial charge in [0, 0.05) is 7.11 Å². The van der Waals surface area contributed by atoms with Crippen molar-refractivity contribution in [2.45, 2.75) is 6.73 Å². The summed E-state index contributed by atoms with van der Waals surface area (Å²) in [6.45, 7) is 0.472. The third-order valence-electron chi connectivity index (χ3n) is 1.08. The Balaban J connectivity index is 3.02. The molecule has 0 bridgehead atoms. The number of nitrogens with zero attached hydrogens (tertiary/aromatic N) is 2. The Labute approximate surface area is 89.5 Å². The van der Waals surface area contributed by atoms with Gasteiger partial charge >= 0.3 is 0 Å². The minimum absolute atomic E-state index is 0.472. The van der Waals surface area contributed by atoms with Crippen LogP contribution in [0.2, 0.25) is 0 Å². The number of halogens is 3. The molecule has 0 fully saturated rings. The number of hydrogen-bond acceptors (Lipinski definition) is 2. The average molecular weight is 349 g/mol. The maximum absolute atomic E-state index is 4.94. The smallest absolute Gasteiger partial charge is 0.181 e. The summed E-state index contributed by atoms with van der Waals surface area (Å²) in [5.41, 5.74) is 0. The first-order valence-corrected chi connectivity index (χ1v) is 5.10. The van der Waals surface area contributed by atoms with E-state index in [9.17, 15) is 0 Å². The van der Waals surface area contributed by atoms with Crippen molar-refractivity contribution in [1.29, 1.82) is 0 Å². The zero-order valence-electron chi connectivity index (χ0n) is 5.64. The molecule has 0 N–H and O–H groups in total. The molecule has 0 saturated heterocycles. The number of methoxy groups -OCH3 is 1. The lowest BCUT2D eigenvalue weighted by atomic mass is 10.9. The monoisotopic (exact) mass is 346 g/mol. The Hall–Kier alpha value is 0.610. The third-order valence-corrected chi connectivity index (χ3v) is 3.57. The van der Waals surface area contributed by atoms with Gasteiger partial charge < -0.3 is 4.74 Å². The topological polar surface area (TPSA) is 27.1 Å². The maximum Gasteiger partial charge on any atom is 0.181 e. The highest BCUT2D eigenvalue weighted by atomic mass is 79.9. The van der Waals surface area contributed by atoms with Crippen molar-refractivity contribution >= 4 is 47.8 Å². The van der Waals surface area contributed by atoms with Crippen molar-refractivity contribution in [2.24, 2.45) is 0 Å². The van der Waals surface area contributed by atoms with Crippen LogP contribution in [0.5, 0.6) is 0 Å². The van der Waals surface area contributed by atoms with Gasteiger partial charge in [0.15, 0.2) is 4.73 Å². The predicted octanol–water partition coefficient (Wildman–Crippen LogP) is 2.77. The zero-order valence-corrected chi connectivity index (χ0v) is 10.4. The first kappa shape index (κ1) is 9.70. The molecule has 0 aromatic carbocycles. The van der Waals surface area contributed by atoms with E-state index in [1.807, 2.05) is 4.57 Å². The lowest BCUT2D eigenvalue weighted by Gasteiger charge is -2.02. The number of imidazole rings is 1. The SMILES string of the molecule is COCn1c(Br)nc(Br)c1Br. The van der Waals surface area contributed by atoms with Gasteiger partial charge in [-0.25, -0.2) is 4.98 Å². The Morgan fingerprint density at radius 3 is 2.45 bits per heavy atom. The minimum Gasteiger partial charge on any atom is -0.364 e. The Morgan fingerprint density at radius 1 is 1.45 bits per heavy atom. The van der Waals surface area contributed by atoms with Crippen LogP contribution in [-0.2, 0) is 11.5 Å². The fourth-order valence-electron chi connectivity index (χ4n) is 0.619. The summed E-state index contributed by atoms with van der Waals surface area (Å²) in [7, 11) is 1.63. The highest BCUT2D eigenvalue weighted by Gasteiger charge is 2.09. The lowest BCUT2D eigenvalue weighted by molar-refractivity contribution is 0.127. The summed E-state index contributed by atoms with van der Waals surface area (Å²) >= 11 is 9.90. The van der Waals surface area contributed by atoms with Gasteiger partial charge in [0.2, 0.25) is 0 Å². The molecular formula is C5H5Br3N2O. The van der Waals surface area contributed by atoms with Crippen LogP contribution in [0.4, 0.5) is 0 Å². The number of rotatable bonds is 2. The molecule has 0 amide bonds. The summed E-state index contributed by atoms with van der Waals surface area (Å²) in [5.74, 6) is 0. The average Bonchev–Trinajstić information content (AvgIpc) is 2.17. The summed E-state index contributed by atoms with van der Waals surface area (Å²) in [4.78, 5) is 4.10. The molecule has 0 spiro atoms. The normalized spacial score (nSPS) is 10.5. The fraction of sp³-hybridized carbons (Fsp3) is 0.400. The van der Waals surface area contributed by atoms with Crippen LogP contribution in [0.15, 0.2) is 13.9 Å². The highest BCUT2D eigenvalue weighted by molar-refractivity contribution is 9.13. The van der Waals surface area contributed by atoms with Gasteiger partial charge in [-0.15, -0.1) is 0 Å². The van der Waals surface area contributed by atoms with E-state index in [1.54, 1.807) is 7.11 Å². The van der Waals surface area contributed by atoms with Crippen LogP contribution in [0, 0.1) is 0 Å². The molecule has 0 unspecified atom stereocenters. The molecule has 11 heavy (non-hydrogen) atoms. The van der Waals surface area contributed by atoms with E-state index in [4.69, 9.17) is 4.74 Å². The molecule has 0 atom stereocenters. The molecule has 0 aliphatic heterocycles. The van der Waals surface area contributed by atoms with E-state index in [0.717, 1.165) is 13.9 Å². The zero-order chi connectivity index (χ0) is 8.43. The van der Waals surface area contributed by atoms with Gasteiger partial charge in [0.1, 0.15) is 15.9 Å². The van der Waals surface area contributed by atoms with E-state index < -0.39 is 0 Å². The molecule has 3 nitrogen and oxygen atoms in total. The molecule has 62 valence electrons. The van der Waals surface area contributed by atoms with Crippen molar-refractivity contribution in [1.82, 2.24) is 9.55 Å². The molecular weight excluding hydrogens is 344 g/mol. The predicted molar refractivity (Wildman–Crippen MR) is 52.3 cm³/mol. The van der Waals surface area contributed by atoms with E-state index in [0.29, 0.717) is 6.73 Å². The lowest BCUT2D eigenvalue weighted by Crippen LogP contribution is -1.99. The van der Waals surface area contributed by atoms with Gasteiger partial charge in [-0.2, -0.15) is 0 Å². The van der Waals surface area contributed by atoms with Gasteiger partial charge in [0.25, 0.3) is 0 Å². The summed E-state index contributed by atoms with van der Waals surface area (Å²) in [5, 5.41) is 0. The molecule has 1 rings (SSSR count). The molecule has 1 heterocycles. The van der Waals surface area contributed by atoms with Crippen LogP contribution < -0.4 is 0 Å². The van der Waals surface area contributed by atoms with Crippen molar-refractivity contribution in [3.8, 4) is 0 Å². The molecule has 0 aliphatic rings. The molecule has 0 radical (unpaired) electrons. The summed E-state index contributed by atoms with van der Waals surface area (Å²) in [6.07, 6.45) is 0. The second-order valence-corrected chi connectivity index (χ2v) is 4.02.